The standard InChI is InChI=1S/C8H18N2.5ClH/c1-7(2)5-8-6-9-3-4-10-8;;;;;/h7-10H,3-6H2,1-2H3;5*1H. The van der Waals surface area contributed by atoms with Gasteiger partial charge in [-0.15, -0.1) is 62.0 Å². The highest BCUT2D eigenvalue weighted by molar-refractivity contribution is 5.86. The van der Waals surface area contributed by atoms with Crippen LogP contribution in [-0.2, 0) is 0 Å². The molecule has 0 aromatic heterocycles. The van der Waals surface area contributed by atoms with Crippen molar-refractivity contribution >= 4 is 62.0 Å². The van der Waals surface area contributed by atoms with Crippen LogP contribution in [0.3, 0.4) is 0 Å². The number of halogens is 5. The lowest BCUT2D eigenvalue weighted by molar-refractivity contribution is 0.362. The van der Waals surface area contributed by atoms with Gasteiger partial charge in [0.15, 0.2) is 0 Å². The molecule has 100 valence electrons. The maximum atomic E-state index is 3.49. The van der Waals surface area contributed by atoms with E-state index in [1.54, 1.807) is 0 Å². The predicted octanol–water partition coefficient (Wildman–Crippen LogP) is 2.70. The Bertz CT molecular complexity index is 99.0. The molecule has 0 spiro atoms. The van der Waals surface area contributed by atoms with E-state index in [4.69, 9.17) is 0 Å². The second kappa shape index (κ2) is 17.8. The first-order valence-electron chi connectivity index (χ1n) is 4.23. The van der Waals surface area contributed by atoms with E-state index in [-0.39, 0.29) is 62.0 Å². The summed E-state index contributed by atoms with van der Waals surface area (Å²) in [5, 5.41) is 6.87. The van der Waals surface area contributed by atoms with E-state index in [9.17, 15) is 0 Å². The second-order valence-corrected chi connectivity index (χ2v) is 3.48. The van der Waals surface area contributed by atoms with Crippen molar-refractivity contribution in [2.45, 2.75) is 26.3 Å². The summed E-state index contributed by atoms with van der Waals surface area (Å²) in [5.74, 6) is 0.817. The summed E-state index contributed by atoms with van der Waals surface area (Å²) in [6.45, 7) is 7.97. The van der Waals surface area contributed by atoms with Gasteiger partial charge in [-0.25, -0.2) is 0 Å². The Morgan fingerprint density at radius 1 is 1.00 bits per heavy atom. The van der Waals surface area contributed by atoms with Gasteiger partial charge in [-0.1, -0.05) is 13.8 Å². The van der Waals surface area contributed by atoms with Crippen molar-refractivity contribution in [2.24, 2.45) is 5.92 Å². The molecule has 7 heteroatoms. The van der Waals surface area contributed by atoms with Crippen molar-refractivity contribution in [3.8, 4) is 0 Å². The predicted molar refractivity (Wildman–Crippen MR) is 80.4 cm³/mol. The van der Waals surface area contributed by atoms with Crippen LogP contribution < -0.4 is 10.6 Å². The van der Waals surface area contributed by atoms with E-state index >= 15 is 0 Å². The summed E-state index contributed by atoms with van der Waals surface area (Å²) in [6, 6.07) is 0.716. The Morgan fingerprint density at radius 2 is 1.53 bits per heavy atom. The third-order valence-corrected chi connectivity index (χ3v) is 1.88. The first kappa shape index (κ1) is 29.9. The molecule has 2 nitrogen and oxygen atoms in total. The van der Waals surface area contributed by atoms with E-state index < -0.39 is 0 Å². The summed E-state index contributed by atoms with van der Waals surface area (Å²) in [5.41, 5.74) is 0. The lowest BCUT2D eigenvalue weighted by Gasteiger charge is -2.25. The van der Waals surface area contributed by atoms with Crippen molar-refractivity contribution in [1.82, 2.24) is 10.6 Å². The highest BCUT2D eigenvalue weighted by Gasteiger charge is 2.12. The van der Waals surface area contributed by atoms with Gasteiger partial charge >= 0.3 is 0 Å². The molecule has 0 radical (unpaired) electrons. The van der Waals surface area contributed by atoms with Gasteiger partial charge in [0.05, 0.1) is 0 Å². The molecule has 2 N–H and O–H groups in total. The van der Waals surface area contributed by atoms with Crippen LogP contribution in [0, 0.1) is 5.92 Å². The molecule has 0 aliphatic carbocycles. The first-order chi connectivity index (χ1) is 4.79. The monoisotopic (exact) mass is 322 g/mol. The molecule has 1 fully saturated rings. The summed E-state index contributed by atoms with van der Waals surface area (Å²) >= 11 is 0. The minimum absolute atomic E-state index is 0. The van der Waals surface area contributed by atoms with Crippen LogP contribution in [0.25, 0.3) is 0 Å². The van der Waals surface area contributed by atoms with Gasteiger partial charge < -0.3 is 10.6 Å². The molecule has 1 unspecified atom stereocenters. The summed E-state index contributed by atoms with van der Waals surface area (Å²) in [6.07, 6.45) is 1.30. The number of rotatable bonds is 2. The van der Waals surface area contributed by atoms with Crippen LogP contribution in [0.1, 0.15) is 20.3 Å². The molecule has 1 aliphatic rings. The Labute approximate surface area is 124 Å². The lowest BCUT2D eigenvalue weighted by atomic mass is 10.0. The maximum absolute atomic E-state index is 3.49. The SMILES string of the molecule is CC(C)CC1CNCCN1.Cl.Cl.Cl.Cl.Cl. The van der Waals surface area contributed by atoms with E-state index in [1.807, 2.05) is 0 Å². The summed E-state index contributed by atoms with van der Waals surface area (Å²) < 4.78 is 0. The topological polar surface area (TPSA) is 24.1 Å². The average molecular weight is 325 g/mol. The number of piperazine rings is 1. The normalized spacial score (nSPS) is 18.2. The molecule has 1 rings (SSSR count). The van der Waals surface area contributed by atoms with Crippen LogP contribution >= 0.6 is 62.0 Å². The van der Waals surface area contributed by atoms with Gasteiger partial charge in [0.25, 0.3) is 0 Å². The molecule has 0 bridgehead atoms. The molecule has 0 aromatic rings. The zero-order chi connectivity index (χ0) is 7.40. The second-order valence-electron chi connectivity index (χ2n) is 3.48. The number of nitrogens with one attached hydrogen (secondary N) is 2. The van der Waals surface area contributed by atoms with Crippen LogP contribution in [-0.4, -0.2) is 25.7 Å². The van der Waals surface area contributed by atoms with Crippen molar-refractivity contribution in [3.63, 3.8) is 0 Å². The molecule has 1 saturated heterocycles. The van der Waals surface area contributed by atoms with Gasteiger partial charge in [0.1, 0.15) is 0 Å². The average Bonchev–Trinajstić information content (AvgIpc) is 1.88. The highest BCUT2D eigenvalue weighted by atomic mass is 35.5. The smallest absolute Gasteiger partial charge is 0.0195 e. The Hall–Kier alpha value is 1.37. The van der Waals surface area contributed by atoms with E-state index in [0.29, 0.717) is 6.04 Å². The van der Waals surface area contributed by atoms with Crippen molar-refractivity contribution in [3.05, 3.63) is 0 Å². The zero-order valence-corrected chi connectivity index (χ0v) is 13.1. The Balaban J connectivity index is -0.0000000667. The highest BCUT2D eigenvalue weighted by Crippen LogP contribution is 2.04. The van der Waals surface area contributed by atoms with E-state index in [2.05, 4.69) is 24.5 Å². The van der Waals surface area contributed by atoms with Crippen LogP contribution in [0.15, 0.2) is 0 Å². The minimum atomic E-state index is 0. The third-order valence-electron chi connectivity index (χ3n) is 1.88. The van der Waals surface area contributed by atoms with E-state index in [1.165, 1.54) is 6.42 Å². The van der Waals surface area contributed by atoms with Crippen LogP contribution in [0.2, 0.25) is 0 Å². The Kier molecular flexibility index (Phi) is 35.4. The van der Waals surface area contributed by atoms with E-state index in [0.717, 1.165) is 25.6 Å². The Morgan fingerprint density at radius 3 is 1.87 bits per heavy atom. The fourth-order valence-corrected chi connectivity index (χ4v) is 1.45. The summed E-state index contributed by atoms with van der Waals surface area (Å²) in [7, 11) is 0. The molecule has 15 heavy (non-hydrogen) atoms. The molecule has 0 amide bonds. The quantitative estimate of drug-likeness (QED) is 0.816. The largest absolute Gasteiger partial charge is 0.314 e. The van der Waals surface area contributed by atoms with Gasteiger partial charge in [0, 0.05) is 25.7 Å². The van der Waals surface area contributed by atoms with Crippen LogP contribution in [0.5, 0.6) is 0 Å². The lowest BCUT2D eigenvalue weighted by Crippen LogP contribution is -2.48. The van der Waals surface area contributed by atoms with Crippen molar-refractivity contribution in [2.75, 3.05) is 19.6 Å². The maximum Gasteiger partial charge on any atom is 0.0195 e. The molecular formula is C8H23Cl5N2. The number of hydrogen-bond donors (Lipinski definition) is 2. The fourth-order valence-electron chi connectivity index (χ4n) is 1.45. The van der Waals surface area contributed by atoms with Gasteiger partial charge in [0.2, 0.25) is 0 Å². The van der Waals surface area contributed by atoms with Gasteiger partial charge in [-0.05, 0) is 12.3 Å². The fraction of sp³-hybridized carbons (Fsp3) is 1.00. The van der Waals surface area contributed by atoms with Gasteiger partial charge in [-0.3, -0.25) is 0 Å². The van der Waals surface area contributed by atoms with Crippen molar-refractivity contribution < 1.29 is 0 Å². The molecule has 0 saturated carbocycles. The molecular weight excluding hydrogens is 301 g/mol. The zero-order valence-electron chi connectivity index (χ0n) is 9.02. The minimum Gasteiger partial charge on any atom is -0.314 e. The van der Waals surface area contributed by atoms with Crippen molar-refractivity contribution in [1.29, 1.82) is 0 Å². The molecule has 1 aliphatic heterocycles. The molecule has 1 heterocycles. The molecule has 1 atom stereocenters. The van der Waals surface area contributed by atoms with Gasteiger partial charge in [-0.2, -0.15) is 0 Å². The summed E-state index contributed by atoms with van der Waals surface area (Å²) in [4.78, 5) is 0. The first-order valence-corrected chi connectivity index (χ1v) is 4.23. The van der Waals surface area contributed by atoms with Crippen LogP contribution in [0.4, 0.5) is 0 Å². The third kappa shape index (κ3) is 15.4. The molecule has 0 aromatic carbocycles. The number of hydrogen-bond acceptors (Lipinski definition) is 2.